The van der Waals surface area contributed by atoms with Gasteiger partial charge in [-0.3, -0.25) is 9.64 Å². The summed E-state index contributed by atoms with van der Waals surface area (Å²) in [6.07, 6.45) is 0.373. The highest BCUT2D eigenvalue weighted by atomic mass is 16.2. The largest absolute Gasteiger partial charge is 0.310 e. The number of amides is 1. The van der Waals surface area contributed by atoms with Crippen molar-refractivity contribution in [2.24, 2.45) is 5.41 Å². The number of hydrogen-bond acceptors (Lipinski definition) is 3. The molecule has 2 atom stereocenters. The Bertz CT molecular complexity index is 599. The van der Waals surface area contributed by atoms with Gasteiger partial charge in [0, 0.05) is 18.7 Å². The number of likely N-dealkylation sites (tertiary alicyclic amines) is 1. The van der Waals surface area contributed by atoms with Crippen LogP contribution in [0.25, 0.3) is 4.85 Å². The first-order valence-corrected chi connectivity index (χ1v) is 6.93. The Kier molecular flexibility index (Phi) is 2.83. The van der Waals surface area contributed by atoms with Gasteiger partial charge in [-0.2, -0.15) is 5.10 Å². The molecule has 6 nitrogen and oxygen atoms in total. The first kappa shape index (κ1) is 13.1. The smallest absolute Gasteiger partial charge is 0.281 e. The van der Waals surface area contributed by atoms with Crippen LogP contribution in [0.5, 0.6) is 0 Å². The fourth-order valence-electron chi connectivity index (χ4n) is 3.29. The zero-order valence-corrected chi connectivity index (χ0v) is 12.1. The third kappa shape index (κ3) is 1.81. The number of aryl methyl sites for hydroxylation is 1. The van der Waals surface area contributed by atoms with Gasteiger partial charge in [0.1, 0.15) is 5.82 Å². The van der Waals surface area contributed by atoms with Gasteiger partial charge < -0.3 is 5.32 Å². The van der Waals surface area contributed by atoms with Crippen molar-refractivity contribution in [2.45, 2.75) is 45.9 Å². The fourth-order valence-corrected chi connectivity index (χ4v) is 3.29. The van der Waals surface area contributed by atoms with Crippen LogP contribution in [-0.2, 0) is 11.3 Å². The molecule has 106 valence electrons. The standard InChI is InChI=1S/C14H19N5O/c1-9(2)18-7-14(6-12(18)15-4)8-19-11(16-13(14)20)5-10(3)17-19/h5,9,12H,6-8H2,1-3H3,(H,16,20)/t12-,14-/m0/s1. The molecule has 0 aromatic carbocycles. The quantitative estimate of drug-likeness (QED) is 0.789. The summed E-state index contributed by atoms with van der Waals surface area (Å²) in [6.45, 7) is 14.6. The van der Waals surface area contributed by atoms with Crippen molar-refractivity contribution in [3.05, 3.63) is 23.2 Å². The highest BCUT2D eigenvalue weighted by Gasteiger charge is 2.55. The molecular weight excluding hydrogens is 254 g/mol. The lowest BCUT2D eigenvalue weighted by Gasteiger charge is -2.32. The van der Waals surface area contributed by atoms with Crippen molar-refractivity contribution < 1.29 is 4.79 Å². The van der Waals surface area contributed by atoms with E-state index in [2.05, 4.69) is 34.0 Å². The van der Waals surface area contributed by atoms with Gasteiger partial charge in [-0.25, -0.2) is 16.2 Å². The molecule has 1 N–H and O–H groups in total. The van der Waals surface area contributed by atoms with Crippen LogP contribution in [0.3, 0.4) is 0 Å². The number of aromatic nitrogens is 2. The summed E-state index contributed by atoms with van der Waals surface area (Å²) in [5.74, 6) is 0.794. The van der Waals surface area contributed by atoms with Crippen LogP contribution in [0.2, 0.25) is 0 Å². The summed E-state index contributed by atoms with van der Waals surface area (Å²) < 4.78 is 1.86. The zero-order valence-electron chi connectivity index (χ0n) is 12.1. The maximum absolute atomic E-state index is 12.5. The molecule has 0 bridgehead atoms. The van der Waals surface area contributed by atoms with Crippen molar-refractivity contribution in [2.75, 3.05) is 11.9 Å². The van der Waals surface area contributed by atoms with Gasteiger partial charge >= 0.3 is 0 Å². The van der Waals surface area contributed by atoms with Crippen molar-refractivity contribution in [1.29, 1.82) is 0 Å². The van der Waals surface area contributed by atoms with Gasteiger partial charge in [0.05, 0.1) is 24.1 Å². The summed E-state index contributed by atoms with van der Waals surface area (Å²) in [5, 5.41) is 7.38. The molecule has 1 fully saturated rings. The average Bonchev–Trinajstić information content (AvgIpc) is 2.91. The molecule has 20 heavy (non-hydrogen) atoms. The Balaban J connectivity index is 1.94. The van der Waals surface area contributed by atoms with E-state index in [0.29, 0.717) is 19.5 Å². The summed E-state index contributed by atoms with van der Waals surface area (Å²) >= 11 is 0. The lowest BCUT2D eigenvalue weighted by atomic mass is 9.84. The molecule has 1 saturated heterocycles. The molecule has 0 radical (unpaired) electrons. The van der Waals surface area contributed by atoms with Crippen LogP contribution in [0, 0.1) is 18.9 Å². The minimum Gasteiger partial charge on any atom is -0.310 e. The van der Waals surface area contributed by atoms with E-state index in [9.17, 15) is 4.79 Å². The van der Waals surface area contributed by atoms with Crippen molar-refractivity contribution in [3.8, 4) is 0 Å². The number of hydrogen-bond donors (Lipinski definition) is 1. The van der Waals surface area contributed by atoms with Crippen LogP contribution in [0.15, 0.2) is 6.07 Å². The molecule has 1 aromatic heterocycles. The Morgan fingerprint density at radius 2 is 2.30 bits per heavy atom. The van der Waals surface area contributed by atoms with E-state index in [4.69, 9.17) is 6.57 Å². The number of nitrogens with one attached hydrogen (secondary N) is 1. The highest BCUT2D eigenvalue weighted by Crippen LogP contribution is 2.41. The first-order chi connectivity index (χ1) is 9.45. The van der Waals surface area contributed by atoms with E-state index < -0.39 is 5.41 Å². The molecule has 0 unspecified atom stereocenters. The maximum atomic E-state index is 12.5. The molecule has 6 heteroatoms. The number of nitrogens with zero attached hydrogens (tertiary/aromatic N) is 4. The minimum absolute atomic E-state index is 0.0294. The predicted octanol–water partition coefficient (Wildman–Crippen LogP) is 1.49. The summed E-state index contributed by atoms with van der Waals surface area (Å²) in [7, 11) is 0. The number of carbonyl (C=O) groups is 1. The van der Waals surface area contributed by atoms with Gasteiger partial charge in [-0.05, 0) is 20.8 Å². The highest BCUT2D eigenvalue weighted by molar-refractivity contribution is 5.96. The van der Waals surface area contributed by atoms with Gasteiger partial charge in [-0.1, -0.05) is 0 Å². The second-order valence-corrected chi connectivity index (χ2v) is 6.14. The van der Waals surface area contributed by atoms with Crippen LogP contribution in [0.1, 0.15) is 26.0 Å². The minimum atomic E-state index is -0.523. The maximum Gasteiger partial charge on any atom is 0.281 e. The number of carbonyl (C=O) groups excluding carboxylic acids is 1. The first-order valence-electron chi connectivity index (χ1n) is 6.93. The lowest BCUT2D eigenvalue weighted by Crippen LogP contribution is -2.47. The molecule has 2 aliphatic heterocycles. The van der Waals surface area contributed by atoms with Crippen LogP contribution >= 0.6 is 0 Å². The molecule has 3 heterocycles. The fraction of sp³-hybridized carbons (Fsp3) is 0.643. The van der Waals surface area contributed by atoms with E-state index >= 15 is 0 Å². The van der Waals surface area contributed by atoms with Gasteiger partial charge in [0.15, 0.2) is 0 Å². The monoisotopic (exact) mass is 273 g/mol. The third-order valence-corrected chi connectivity index (χ3v) is 4.33. The molecule has 0 aliphatic carbocycles. The van der Waals surface area contributed by atoms with E-state index in [1.165, 1.54) is 0 Å². The molecule has 1 aromatic rings. The SMILES string of the molecule is [C-]#[N+][C@@H]1C[C@]2(CN1C(C)C)Cn1nc(C)cc1NC2=O. The Morgan fingerprint density at radius 3 is 2.90 bits per heavy atom. The molecule has 0 saturated carbocycles. The second kappa shape index (κ2) is 4.32. The Hall–Kier alpha value is -1.87. The normalized spacial score (nSPS) is 29.6. The average molecular weight is 273 g/mol. The van der Waals surface area contributed by atoms with Crippen LogP contribution < -0.4 is 5.32 Å². The van der Waals surface area contributed by atoms with Crippen LogP contribution in [-0.4, -0.2) is 39.3 Å². The number of anilines is 1. The number of rotatable bonds is 1. The number of fused-ring (bicyclic) bond motifs is 1. The Labute approximate surface area is 118 Å². The topological polar surface area (TPSA) is 54.5 Å². The zero-order chi connectivity index (χ0) is 14.5. The summed E-state index contributed by atoms with van der Waals surface area (Å²) in [6, 6.07) is 2.15. The van der Waals surface area contributed by atoms with Crippen molar-refractivity contribution in [1.82, 2.24) is 14.7 Å². The molecule has 2 aliphatic rings. The van der Waals surface area contributed by atoms with E-state index in [0.717, 1.165) is 11.5 Å². The van der Waals surface area contributed by atoms with Gasteiger partial charge in [0.2, 0.25) is 5.91 Å². The van der Waals surface area contributed by atoms with E-state index in [1.807, 2.05) is 17.7 Å². The molecule has 3 rings (SSSR count). The summed E-state index contributed by atoms with van der Waals surface area (Å²) in [5.41, 5.74) is 0.378. The summed E-state index contributed by atoms with van der Waals surface area (Å²) in [4.78, 5) is 18.4. The third-order valence-electron chi connectivity index (χ3n) is 4.33. The molecule has 1 spiro atoms. The predicted molar refractivity (Wildman–Crippen MR) is 74.9 cm³/mol. The van der Waals surface area contributed by atoms with Crippen LogP contribution in [0.4, 0.5) is 5.82 Å². The van der Waals surface area contributed by atoms with Crippen molar-refractivity contribution >= 4 is 11.7 Å². The van der Waals surface area contributed by atoms with Gasteiger partial charge in [0.25, 0.3) is 6.17 Å². The van der Waals surface area contributed by atoms with Crippen molar-refractivity contribution in [3.63, 3.8) is 0 Å². The Morgan fingerprint density at radius 1 is 1.55 bits per heavy atom. The molecular formula is C14H19N5O. The molecule has 1 amide bonds. The second-order valence-electron chi connectivity index (χ2n) is 6.14. The van der Waals surface area contributed by atoms with Gasteiger partial charge in [-0.15, -0.1) is 0 Å². The van der Waals surface area contributed by atoms with E-state index in [-0.39, 0.29) is 18.1 Å². The van der Waals surface area contributed by atoms with E-state index in [1.54, 1.807) is 0 Å². The lowest BCUT2D eigenvalue weighted by molar-refractivity contribution is -0.127.